The summed E-state index contributed by atoms with van der Waals surface area (Å²) in [5, 5.41) is 2.85. The Labute approximate surface area is 162 Å². The van der Waals surface area contributed by atoms with Crippen molar-refractivity contribution in [2.45, 2.75) is 39.5 Å². The van der Waals surface area contributed by atoms with Gasteiger partial charge in [-0.1, -0.05) is 38.8 Å². The van der Waals surface area contributed by atoms with Gasteiger partial charge in [-0.25, -0.2) is 0 Å². The molecule has 0 heterocycles. The van der Waals surface area contributed by atoms with E-state index in [1.54, 1.807) is 6.08 Å². The highest BCUT2D eigenvalue weighted by atomic mass is 16.5. The number of anilines is 1. The van der Waals surface area contributed by atoms with Crippen molar-refractivity contribution in [1.82, 2.24) is 0 Å². The van der Waals surface area contributed by atoms with Gasteiger partial charge in [0, 0.05) is 11.8 Å². The van der Waals surface area contributed by atoms with Crippen molar-refractivity contribution in [3.63, 3.8) is 0 Å². The zero-order valence-corrected chi connectivity index (χ0v) is 16.2. The van der Waals surface area contributed by atoms with Gasteiger partial charge in [0.25, 0.3) is 0 Å². The minimum Gasteiger partial charge on any atom is -0.494 e. The third-order valence-electron chi connectivity index (χ3n) is 3.96. The second-order valence-electron chi connectivity index (χ2n) is 6.32. The maximum absolute atomic E-state index is 12.1. The van der Waals surface area contributed by atoms with Crippen molar-refractivity contribution in [3.8, 4) is 11.5 Å². The van der Waals surface area contributed by atoms with E-state index in [9.17, 15) is 4.79 Å². The van der Waals surface area contributed by atoms with Crippen LogP contribution in [0.1, 0.15) is 45.1 Å². The van der Waals surface area contributed by atoms with Gasteiger partial charge in [0.2, 0.25) is 5.91 Å². The zero-order chi connectivity index (χ0) is 19.3. The summed E-state index contributed by atoms with van der Waals surface area (Å²) in [6.45, 7) is 5.72. The highest BCUT2D eigenvalue weighted by Gasteiger charge is 2.00. The van der Waals surface area contributed by atoms with Gasteiger partial charge in [-0.05, 0) is 60.9 Å². The van der Waals surface area contributed by atoms with Crippen molar-refractivity contribution >= 4 is 17.7 Å². The molecule has 1 N–H and O–H groups in total. The average Bonchev–Trinajstić information content (AvgIpc) is 2.69. The van der Waals surface area contributed by atoms with Crippen molar-refractivity contribution in [3.05, 3.63) is 60.2 Å². The van der Waals surface area contributed by atoms with Gasteiger partial charge in [0.1, 0.15) is 11.5 Å². The maximum Gasteiger partial charge on any atom is 0.248 e. The van der Waals surface area contributed by atoms with E-state index in [0.717, 1.165) is 55.0 Å². The Balaban J connectivity index is 1.80. The Morgan fingerprint density at radius 3 is 1.89 bits per heavy atom. The summed E-state index contributed by atoms with van der Waals surface area (Å²) in [5.74, 6) is 1.50. The Morgan fingerprint density at radius 1 is 0.852 bits per heavy atom. The first kappa shape index (κ1) is 20.6. The SMILES string of the molecule is CCCCOc1ccc(C=CC(=O)Nc2ccc(OCCCC)cc2)cc1. The van der Waals surface area contributed by atoms with E-state index in [1.165, 1.54) is 6.08 Å². The van der Waals surface area contributed by atoms with Crippen molar-refractivity contribution < 1.29 is 14.3 Å². The molecular weight excluding hydrogens is 338 g/mol. The smallest absolute Gasteiger partial charge is 0.248 e. The van der Waals surface area contributed by atoms with Crippen LogP contribution in [0.4, 0.5) is 5.69 Å². The summed E-state index contributed by atoms with van der Waals surface area (Å²) in [5.41, 5.74) is 1.69. The lowest BCUT2D eigenvalue weighted by Crippen LogP contribution is -2.07. The molecule has 0 unspecified atom stereocenters. The molecule has 0 saturated carbocycles. The third kappa shape index (κ3) is 7.99. The zero-order valence-electron chi connectivity index (χ0n) is 16.2. The summed E-state index contributed by atoms with van der Waals surface area (Å²) in [7, 11) is 0. The molecule has 144 valence electrons. The average molecular weight is 367 g/mol. The molecule has 0 radical (unpaired) electrons. The predicted octanol–water partition coefficient (Wildman–Crippen LogP) is 5.70. The summed E-state index contributed by atoms with van der Waals surface area (Å²) in [4.78, 5) is 12.1. The Bertz CT molecular complexity index is 705. The van der Waals surface area contributed by atoms with Crippen LogP contribution < -0.4 is 14.8 Å². The standard InChI is InChI=1S/C23H29NO3/c1-3-5-17-26-21-12-7-19(8-13-21)9-16-23(25)24-20-10-14-22(15-11-20)27-18-6-4-2/h7-16H,3-6,17-18H2,1-2H3,(H,24,25). The first-order valence-corrected chi connectivity index (χ1v) is 9.66. The second-order valence-corrected chi connectivity index (χ2v) is 6.32. The number of unbranched alkanes of at least 4 members (excludes halogenated alkanes) is 2. The van der Waals surface area contributed by atoms with Crippen LogP contribution in [0.25, 0.3) is 6.08 Å². The largest absolute Gasteiger partial charge is 0.494 e. The van der Waals surface area contributed by atoms with Crippen LogP contribution >= 0.6 is 0 Å². The normalized spacial score (nSPS) is 10.7. The molecule has 0 aliphatic rings. The van der Waals surface area contributed by atoms with Crippen LogP contribution in [0, 0.1) is 0 Å². The summed E-state index contributed by atoms with van der Waals surface area (Å²) in [6.07, 6.45) is 7.62. The molecule has 2 aromatic rings. The van der Waals surface area contributed by atoms with E-state index in [4.69, 9.17) is 9.47 Å². The van der Waals surface area contributed by atoms with E-state index in [-0.39, 0.29) is 5.91 Å². The minimum absolute atomic E-state index is 0.169. The second kappa shape index (κ2) is 11.8. The summed E-state index contributed by atoms with van der Waals surface area (Å²) >= 11 is 0. The number of amides is 1. The number of benzene rings is 2. The van der Waals surface area contributed by atoms with Gasteiger partial charge in [-0.2, -0.15) is 0 Å². The van der Waals surface area contributed by atoms with Gasteiger partial charge in [-0.3, -0.25) is 4.79 Å². The summed E-state index contributed by atoms with van der Waals surface area (Å²) < 4.78 is 11.2. The summed E-state index contributed by atoms with van der Waals surface area (Å²) in [6, 6.07) is 15.1. The van der Waals surface area contributed by atoms with Gasteiger partial charge in [-0.15, -0.1) is 0 Å². The monoisotopic (exact) mass is 367 g/mol. The molecule has 2 aromatic carbocycles. The molecule has 0 aliphatic carbocycles. The number of rotatable bonds is 11. The maximum atomic E-state index is 12.1. The quantitative estimate of drug-likeness (QED) is 0.409. The van der Waals surface area contributed by atoms with Crippen LogP contribution in [0.15, 0.2) is 54.6 Å². The molecule has 0 spiro atoms. The molecule has 4 heteroatoms. The van der Waals surface area contributed by atoms with Gasteiger partial charge in [0.05, 0.1) is 13.2 Å². The van der Waals surface area contributed by atoms with Crippen molar-refractivity contribution in [1.29, 1.82) is 0 Å². The van der Waals surface area contributed by atoms with Gasteiger partial charge in [0.15, 0.2) is 0 Å². The van der Waals surface area contributed by atoms with E-state index in [0.29, 0.717) is 6.61 Å². The topological polar surface area (TPSA) is 47.6 Å². The number of hydrogen-bond donors (Lipinski definition) is 1. The molecule has 4 nitrogen and oxygen atoms in total. The van der Waals surface area contributed by atoms with E-state index in [2.05, 4.69) is 19.2 Å². The van der Waals surface area contributed by atoms with Crippen molar-refractivity contribution in [2.24, 2.45) is 0 Å². The minimum atomic E-state index is -0.169. The molecule has 0 aliphatic heterocycles. The number of nitrogens with one attached hydrogen (secondary N) is 1. The first-order chi connectivity index (χ1) is 13.2. The van der Waals surface area contributed by atoms with Crippen molar-refractivity contribution in [2.75, 3.05) is 18.5 Å². The highest BCUT2D eigenvalue weighted by molar-refractivity contribution is 6.01. The molecular formula is C23H29NO3. The van der Waals surface area contributed by atoms with Crippen LogP contribution in [0.2, 0.25) is 0 Å². The fraction of sp³-hybridized carbons (Fsp3) is 0.348. The molecule has 0 aromatic heterocycles. The number of hydrogen-bond acceptors (Lipinski definition) is 3. The van der Waals surface area contributed by atoms with Crippen LogP contribution in [0.3, 0.4) is 0 Å². The Hall–Kier alpha value is -2.75. The highest BCUT2D eigenvalue weighted by Crippen LogP contribution is 2.17. The van der Waals surface area contributed by atoms with E-state index >= 15 is 0 Å². The Kier molecular flexibility index (Phi) is 8.98. The van der Waals surface area contributed by atoms with Gasteiger partial charge < -0.3 is 14.8 Å². The van der Waals surface area contributed by atoms with Gasteiger partial charge >= 0.3 is 0 Å². The fourth-order valence-corrected chi connectivity index (χ4v) is 2.33. The van der Waals surface area contributed by atoms with Crippen LogP contribution in [-0.4, -0.2) is 19.1 Å². The third-order valence-corrected chi connectivity index (χ3v) is 3.96. The molecule has 27 heavy (non-hydrogen) atoms. The molecule has 0 atom stereocenters. The lowest BCUT2D eigenvalue weighted by molar-refractivity contribution is -0.111. The molecule has 0 fully saturated rings. The number of carbonyl (C=O) groups is 1. The molecule has 0 saturated heterocycles. The number of carbonyl (C=O) groups excluding carboxylic acids is 1. The van der Waals surface area contributed by atoms with Crippen LogP contribution in [0.5, 0.6) is 11.5 Å². The lowest BCUT2D eigenvalue weighted by Gasteiger charge is -2.07. The first-order valence-electron chi connectivity index (χ1n) is 9.66. The molecule has 1 amide bonds. The van der Waals surface area contributed by atoms with E-state index < -0.39 is 0 Å². The molecule has 0 bridgehead atoms. The molecule has 2 rings (SSSR count). The number of ether oxygens (including phenoxy) is 2. The lowest BCUT2D eigenvalue weighted by atomic mass is 10.2. The van der Waals surface area contributed by atoms with E-state index in [1.807, 2.05) is 48.5 Å². The van der Waals surface area contributed by atoms with Crippen LogP contribution in [-0.2, 0) is 4.79 Å². The fourth-order valence-electron chi connectivity index (χ4n) is 2.33. The predicted molar refractivity (Wildman–Crippen MR) is 111 cm³/mol. The Morgan fingerprint density at radius 2 is 1.37 bits per heavy atom.